The molecule has 29 heavy (non-hydrogen) atoms. The first-order valence-corrected chi connectivity index (χ1v) is 11.4. The molecule has 1 N–H and O–H groups in total. The molecule has 4 rings (SSSR count). The Kier molecular flexibility index (Phi) is 5.28. The van der Waals surface area contributed by atoms with E-state index >= 15 is 0 Å². The average molecular weight is 400 g/mol. The molecule has 0 spiro atoms. The van der Waals surface area contributed by atoms with E-state index in [1.54, 1.807) is 0 Å². The van der Waals surface area contributed by atoms with Crippen LogP contribution in [0.5, 0.6) is 0 Å². The Labute approximate surface area is 175 Å². The van der Waals surface area contributed by atoms with Crippen LogP contribution >= 0.6 is 0 Å². The van der Waals surface area contributed by atoms with Crippen LogP contribution in [0, 0.1) is 22.7 Å². The minimum atomic E-state index is -0.818. The van der Waals surface area contributed by atoms with Gasteiger partial charge in [-0.25, -0.2) is 9.78 Å². The first kappa shape index (κ1) is 20.5. The number of nitrogens with zero attached hydrogens (tertiary/aromatic N) is 3. The molecule has 2 heterocycles. The molecular formula is C24H37N3O2. The van der Waals surface area contributed by atoms with Gasteiger partial charge in [0.15, 0.2) is 0 Å². The number of piperazine rings is 1. The lowest BCUT2D eigenvalue weighted by atomic mass is 9.49. The third-order valence-corrected chi connectivity index (χ3v) is 8.32. The van der Waals surface area contributed by atoms with Gasteiger partial charge >= 0.3 is 6.09 Å². The van der Waals surface area contributed by atoms with Gasteiger partial charge in [-0.2, -0.15) is 0 Å². The SMILES string of the molecule is CC1(C)CCC(C)(C)C2CC(c3cccc(N4CCN(C(=O)O)CC4)n3)CCC21. The molecule has 2 aliphatic carbocycles. The maximum absolute atomic E-state index is 11.2. The molecule has 160 valence electrons. The van der Waals surface area contributed by atoms with E-state index in [2.05, 4.69) is 50.8 Å². The van der Waals surface area contributed by atoms with Crippen molar-refractivity contribution in [2.45, 2.75) is 65.7 Å². The summed E-state index contributed by atoms with van der Waals surface area (Å²) in [6.45, 7) is 12.5. The van der Waals surface area contributed by atoms with E-state index < -0.39 is 6.09 Å². The van der Waals surface area contributed by atoms with Crippen LogP contribution in [0.2, 0.25) is 0 Å². The summed E-state index contributed by atoms with van der Waals surface area (Å²) in [7, 11) is 0. The van der Waals surface area contributed by atoms with Gasteiger partial charge in [-0.05, 0) is 66.9 Å². The number of amides is 1. The monoisotopic (exact) mass is 399 g/mol. The molecule has 1 aromatic heterocycles. The number of rotatable bonds is 2. The van der Waals surface area contributed by atoms with Crippen molar-refractivity contribution in [2.75, 3.05) is 31.1 Å². The van der Waals surface area contributed by atoms with Crippen LogP contribution in [-0.2, 0) is 0 Å². The van der Waals surface area contributed by atoms with Gasteiger partial charge in [0.1, 0.15) is 5.82 Å². The van der Waals surface area contributed by atoms with Crippen LogP contribution in [0.3, 0.4) is 0 Å². The maximum atomic E-state index is 11.2. The highest BCUT2D eigenvalue weighted by Crippen LogP contribution is 2.59. The quantitative estimate of drug-likeness (QED) is 0.740. The van der Waals surface area contributed by atoms with E-state index in [0.29, 0.717) is 29.8 Å². The number of carbonyl (C=O) groups is 1. The predicted molar refractivity (Wildman–Crippen MR) is 116 cm³/mol. The summed E-state index contributed by atoms with van der Waals surface area (Å²) in [5.41, 5.74) is 2.12. The van der Waals surface area contributed by atoms with Crippen molar-refractivity contribution in [1.29, 1.82) is 0 Å². The van der Waals surface area contributed by atoms with Crippen LogP contribution in [0.25, 0.3) is 0 Å². The van der Waals surface area contributed by atoms with Gasteiger partial charge in [-0.3, -0.25) is 0 Å². The number of pyridine rings is 1. The van der Waals surface area contributed by atoms with Crippen molar-refractivity contribution in [3.05, 3.63) is 23.9 Å². The first-order valence-electron chi connectivity index (χ1n) is 11.4. The average Bonchev–Trinajstić information content (AvgIpc) is 2.71. The second-order valence-corrected chi connectivity index (χ2v) is 10.9. The number of carboxylic acid groups (broad SMARTS) is 1. The Morgan fingerprint density at radius 2 is 1.66 bits per heavy atom. The smallest absolute Gasteiger partial charge is 0.407 e. The molecule has 0 aromatic carbocycles. The molecule has 5 heteroatoms. The van der Waals surface area contributed by atoms with E-state index in [-0.39, 0.29) is 0 Å². The second-order valence-electron chi connectivity index (χ2n) is 10.9. The van der Waals surface area contributed by atoms with Gasteiger partial charge in [0, 0.05) is 37.8 Å². The Morgan fingerprint density at radius 1 is 1.00 bits per heavy atom. The lowest BCUT2D eigenvalue weighted by Crippen LogP contribution is -2.48. The molecule has 3 aliphatic rings. The molecule has 0 radical (unpaired) electrons. The number of anilines is 1. The third-order valence-electron chi connectivity index (χ3n) is 8.32. The standard InChI is InChI=1S/C24H37N3O2/c1-23(2)10-11-24(3,4)19-16-17(8-9-18(19)23)20-6-5-7-21(25-20)26-12-14-27(15-13-26)22(28)29/h5-7,17-19H,8-16H2,1-4H3,(H,28,29). The van der Waals surface area contributed by atoms with E-state index in [0.717, 1.165) is 30.7 Å². The molecule has 2 saturated carbocycles. The van der Waals surface area contributed by atoms with Gasteiger partial charge in [0.2, 0.25) is 0 Å². The van der Waals surface area contributed by atoms with E-state index in [9.17, 15) is 9.90 Å². The van der Waals surface area contributed by atoms with Crippen LogP contribution in [0.4, 0.5) is 10.6 Å². The van der Waals surface area contributed by atoms with Crippen LogP contribution < -0.4 is 4.90 Å². The summed E-state index contributed by atoms with van der Waals surface area (Å²) in [6, 6.07) is 6.44. The fraction of sp³-hybridized carbons (Fsp3) is 0.750. The minimum Gasteiger partial charge on any atom is -0.465 e. The summed E-state index contributed by atoms with van der Waals surface area (Å²) < 4.78 is 0. The van der Waals surface area contributed by atoms with Crippen LogP contribution in [0.15, 0.2) is 18.2 Å². The van der Waals surface area contributed by atoms with E-state index in [1.807, 2.05) is 0 Å². The molecule has 1 aromatic rings. The zero-order valence-electron chi connectivity index (χ0n) is 18.5. The second kappa shape index (κ2) is 7.48. The highest BCUT2D eigenvalue weighted by molar-refractivity contribution is 5.65. The minimum absolute atomic E-state index is 0.420. The summed E-state index contributed by atoms with van der Waals surface area (Å²) >= 11 is 0. The lowest BCUT2D eigenvalue weighted by Gasteiger charge is -2.56. The highest BCUT2D eigenvalue weighted by Gasteiger charge is 2.50. The van der Waals surface area contributed by atoms with Gasteiger partial charge in [0.05, 0.1) is 0 Å². The molecule has 1 amide bonds. The molecule has 0 bridgehead atoms. The lowest BCUT2D eigenvalue weighted by molar-refractivity contribution is -0.0501. The first-order chi connectivity index (χ1) is 13.7. The molecule has 3 fully saturated rings. The molecule has 3 atom stereocenters. The summed E-state index contributed by atoms with van der Waals surface area (Å²) in [5, 5.41) is 9.17. The number of hydrogen-bond acceptors (Lipinski definition) is 3. The zero-order chi connectivity index (χ0) is 20.8. The van der Waals surface area contributed by atoms with E-state index in [4.69, 9.17) is 4.98 Å². The summed E-state index contributed by atoms with van der Waals surface area (Å²) in [5.74, 6) is 3.16. The zero-order valence-corrected chi connectivity index (χ0v) is 18.5. The normalized spacial score (nSPS) is 31.2. The molecule has 5 nitrogen and oxygen atoms in total. The fourth-order valence-electron chi connectivity index (χ4n) is 6.22. The van der Waals surface area contributed by atoms with Crippen LogP contribution in [-0.4, -0.2) is 47.3 Å². The number of fused-ring (bicyclic) bond motifs is 1. The van der Waals surface area contributed by atoms with Crippen molar-refractivity contribution >= 4 is 11.9 Å². The van der Waals surface area contributed by atoms with Crippen LogP contribution in [0.1, 0.15) is 71.4 Å². The molecule has 1 aliphatic heterocycles. The Balaban J connectivity index is 1.49. The van der Waals surface area contributed by atoms with Crippen molar-refractivity contribution in [1.82, 2.24) is 9.88 Å². The predicted octanol–water partition coefficient (Wildman–Crippen LogP) is 5.23. The molecular weight excluding hydrogens is 362 g/mol. The van der Waals surface area contributed by atoms with Gasteiger partial charge < -0.3 is 14.9 Å². The van der Waals surface area contributed by atoms with Gasteiger partial charge in [-0.1, -0.05) is 33.8 Å². The number of hydrogen-bond donors (Lipinski definition) is 1. The van der Waals surface area contributed by atoms with E-state index in [1.165, 1.54) is 42.7 Å². The van der Waals surface area contributed by atoms with Gasteiger partial charge in [0.25, 0.3) is 0 Å². The maximum Gasteiger partial charge on any atom is 0.407 e. The molecule has 3 unspecified atom stereocenters. The summed E-state index contributed by atoms with van der Waals surface area (Å²) in [4.78, 5) is 20.0. The van der Waals surface area contributed by atoms with Crippen molar-refractivity contribution in [3.8, 4) is 0 Å². The van der Waals surface area contributed by atoms with Crippen molar-refractivity contribution in [2.24, 2.45) is 22.7 Å². The Hall–Kier alpha value is -1.78. The van der Waals surface area contributed by atoms with Crippen molar-refractivity contribution < 1.29 is 9.90 Å². The highest BCUT2D eigenvalue weighted by atomic mass is 16.4. The Morgan fingerprint density at radius 3 is 2.31 bits per heavy atom. The fourth-order valence-corrected chi connectivity index (χ4v) is 6.22. The van der Waals surface area contributed by atoms with Gasteiger partial charge in [-0.15, -0.1) is 0 Å². The molecule has 1 saturated heterocycles. The third kappa shape index (κ3) is 3.97. The topological polar surface area (TPSA) is 56.7 Å². The summed E-state index contributed by atoms with van der Waals surface area (Å²) in [6.07, 6.45) is 5.67. The number of aromatic nitrogens is 1. The van der Waals surface area contributed by atoms with Crippen molar-refractivity contribution in [3.63, 3.8) is 0 Å². The Bertz CT molecular complexity index is 752. The largest absolute Gasteiger partial charge is 0.465 e.